The van der Waals surface area contributed by atoms with Crippen LogP contribution in [0.25, 0.3) is 0 Å². The second-order valence-electron chi connectivity index (χ2n) is 3.14. The SMILES string of the molecule is CC(SC(C)C(=O)NN)SC(C)C(=O)NN. The zero-order valence-corrected chi connectivity index (χ0v) is 11.2. The van der Waals surface area contributed by atoms with Crippen molar-refractivity contribution >= 4 is 35.3 Å². The van der Waals surface area contributed by atoms with E-state index in [4.69, 9.17) is 11.7 Å². The third kappa shape index (κ3) is 5.59. The van der Waals surface area contributed by atoms with E-state index in [0.29, 0.717) is 0 Å². The number of hydrogen-bond acceptors (Lipinski definition) is 6. The molecule has 6 N–H and O–H groups in total. The number of rotatable bonds is 6. The molecule has 0 aliphatic carbocycles. The van der Waals surface area contributed by atoms with Crippen LogP contribution in [0.15, 0.2) is 0 Å². The number of amides is 2. The lowest BCUT2D eigenvalue weighted by Crippen LogP contribution is -2.38. The minimum Gasteiger partial charge on any atom is -0.293 e. The van der Waals surface area contributed by atoms with Crippen LogP contribution in [0.5, 0.6) is 0 Å². The molecule has 8 heteroatoms. The lowest BCUT2D eigenvalue weighted by Gasteiger charge is -2.18. The topological polar surface area (TPSA) is 110 Å². The third-order valence-electron chi connectivity index (χ3n) is 1.81. The van der Waals surface area contributed by atoms with E-state index in [2.05, 4.69) is 10.9 Å². The highest BCUT2D eigenvalue weighted by Crippen LogP contribution is 2.30. The van der Waals surface area contributed by atoms with Crippen LogP contribution in [0.1, 0.15) is 20.8 Å². The number of carbonyl (C=O) groups excluding carboxylic acids is 2. The summed E-state index contributed by atoms with van der Waals surface area (Å²) in [5, 5.41) is -0.499. The molecule has 0 rings (SSSR count). The first-order valence-corrected chi connectivity index (χ1v) is 6.62. The lowest BCUT2D eigenvalue weighted by molar-refractivity contribution is -0.121. The van der Waals surface area contributed by atoms with Crippen molar-refractivity contribution in [2.24, 2.45) is 11.7 Å². The quantitative estimate of drug-likeness (QED) is 0.224. The summed E-state index contributed by atoms with van der Waals surface area (Å²) in [6.07, 6.45) is 0. The Hall–Kier alpha value is -0.440. The van der Waals surface area contributed by atoms with Crippen molar-refractivity contribution in [1.82, 2.24) is 10.9 Å². The highest BCUT2D eigenvalue weighted by molar-refractivity contribution is 8.18. The second-order valence-corrected chi connectivity index (χ2v) is 6.81. The van der Waals surface area contributed by atoms with Crippen molar-refractivity contribution < 1.29 is 9.59 Å². The average molecular weight is 266 g/mol. The maximum atomic E-state index is 11.2. The van der Waals surface area contributed by atoms with Gasteiger partial charge >= 0.3 is 0 Å². The smallest absolute Gasteiger partial charge is 0.246 e. The number of thioether (sulfide) groups is 2. The van der Waals surface area contributed by atoms with Gasteiger partial charge in [-0.1, -0.05) is 0 Å². The van der Waals surface area contributed by atoms with Gasteiger partial charge in [-0.25, -0.2) is 11.7 Å². The van der Waals surface area contributed by atoms with Crippen LogP contribution >= 0.6 is 23.5 Å². The van der Waals surface area contributed by atoms with Crippen LogP contribution in [0.2, 0.25) is 0 Å². The molecule has 2 atom stereocenters. The summed E-state index contributed by atoms with van der Waals surface area (Å²) in [6, 6.07) is 0. The molecule has 0 aliphatic rings. The Balaban J connectivity index is 4.03. The van der Waals surface area contributed by atoms with Gasteiger partial charge in [0, 0.05) is 4.58 Å². The molecule has 0 aromatic rings. The van der Waals surface area contributed by atoms with E-state index < -0.39 is 0 Å². The second kappa shape index (κ2) is 7.77. The normalized spacial score (nSPS) is 16.1. The van der Waals surface area contributed by atoms with Crippen molar-refractivity contribution in [3.63, 3.8) is 0 Å². The van der Waals surface area contributed by atoms with E-state index in [9.17, 15) is 9.59 Å². The van der Waals surface area contributed by atoms with Crippen molar-refractivity contribution in [2.45, 2.75) is 35.9 Å². The minimum absolute atomic E-state index is 0.0969. The van der Waals surface area contributed by atoms with Gasteiger partial charge in [0.05, 0.1) is 10.5 Å². The van der Waals surface area contributed by atoms with Gasteiger partial charge in [-0.15, -0.1) is 23.5 Å². The molecule has 16 heavy (non-hydrogen) atoms. The fourth-order valence-electron chi connectivity index (χ4n) is 0.965. The Kier molecular flexibility index (Phi) is 7.56. The van der Waals surface area contributed by atoms with Crippen LogP contribution < -0.4 is 22.5 Å². The average Bonchev–Trinajstić information content (AvgIpc) is 2.26. The summed E-state index contributed by atoms with van der Waals surface area (Å²) in [4.78, 5) is 22.3. The largest absolute Gasteiger partial charge is 0.293 e. The molecular formula is C8H18N4O2S2. The molecule has 0 saturated carbocycles. The summed E-state index contributed by atoms with van der Waals surface area (Å²) in [7, 11) is 0. The maximum Gasteiger partial charge on any atom is 0.246 e. The molecule has 2 unspecified atom stereocenters. The zero-order chi connectivity index (χ0) is 12.7. The van der Waals surface area contributed by atoms with Gasteiger partial charge in [-0.2, -0.15) is 0 Å². The molecule has 0 aliphatic heterocycles. The van der Waals surface area contributed by atoms with Gasteiger partial charge in [0.25, 0.3) is 0 Å². The molecule has 0 spiro atoms. The van der Waals surface area contributed by atoms with E-state index in [1.165, 1.54) is 23.5 Å². The van der Waals surface area contributed by atoms with Gasteiger partial charge in [0.1, 0.15) is 0 Å². The molecule has 0 saturated heterocycles. The molecular weight excluding hydrogens is 248 g/mol. The van der Waals surface area contributed by atoms with E-state index in [1.807, 2.05) is 6.92 Å². The third-order valence-corrected chi connectivity index (χ3v) is 4.49. The number of hydrogen-bond donors (Lipinski definition) is 4. The van der Waals surface area contributed by atoms with E-state index in [-0.39, 0.29) is 26.9 Å². The molecule has 0 radical (unpaired) electrons. The Morgan fingerprint density at radius 2 is 1.25 bits per heavy atom. The van der Waals surface area contributed by atoms with Crippen LogP contribution in [-0.4, -0.2) is 26.9 Å². The van der Waals surface area contributed by atoms with E-state index in [1.54, 1.807) is 13.8 Å². The predicted molar refractivity (Wildman–Crippen MR) is 68.2 cm³/mol. The Bertz CT molecular complexity index is 228. The minimum atomic E-state index is -0.249. The van der Waals surface area contributed by atoms with Gasteiger partial charge in [-0.3, -0.25) is 20.4 Å². The summed E-state index contributed by atoms with van der Waals surface area (Å²) >= 11 is 2.88. The fourth-order valence-corrected chi connectivity index (χ4v) is 3.76. The van der Waals surface area contributed by atoms with Gasteiger partial charge in [-0.05, 0) is 20.8 Å². The summed E-state index contributed by atoms with van der Waals surface area (Å²) in [6.45, 7) is 5.45. The van der Waals surface area contributed by atoms with Gasteiger partial charge < -0.3 is 0 Å². The molecule has 94 valence electrons. The number of carbonyl (C=O) groups is 2. The first-order valence-electron chi connectivity index (χ1n) is 4.74. The molecule has 0 aromatic heterocycles. The number of hydrazine groups is 2. The number of nitrogens with two attached hydrogens (primary N) is 2. The van der Waals surface area contributed by atoms with Crippen molar-refractivity contribution in [2.75, 3.05) is 0 Å². The zero-order valence-electron chi connectivity index (χ0n) is 9.52. The first-order chi connectivity index (χ1) is 7.42. The molecule has 0 heterocycles. The fraction of sp³-hybridized carbons (Fsp3) is 0.750. The Morgan fingerprint density at radius 1 is 0.938 bits per heavy atom. The van der Waals surface area contributed by atoms with Crippen molar-refractivity contribution in [3.8, 4) is 0 Å². The van der Waals surface area contributed by atoms with Gasteiger partial charge in [0.15, 0.2) is 0 Å². The molecule has 6 nitrogen and oxygen atoms in total. The van der Waals surface area contributed by atoms with Crippen LogP contribution in [-0.2, 0) is 9.59 Å². The molecule has 0 bridgehead atoms. The number of nitrogens with one attached hydrogen (secondary N) is 2. The Labute approximate surface area is 104 Å². The van der Waals surface area contributed by atoms with E-state index >= 15 is 0 Å². The maximum absolute atomic E-state index is 11.2. The van der Waals surface area contributed by atoms with Crippen LogP contribution in [0.3, 0.4) is 0 Å². The first kappa shape index (κ1) is 15.6. The molecule has 0 aromatic carbocycles. The summed E-state index contributed by atoms with van der Waals surface area (Å²) < 4.78 is 0.0969. The highest BCUT2D eigenvalue weighted by atomic mass is 32.2. The molecule has 0 fully saturated rings. The van der Waals surface area contributed by atoms with Crippen LogP contribution in [0.4, 0.5) is 0 Å². The standard InChI is InChI=1S/C8H18N4O2S2/c1-4(7(13)11-9)15-6(3)16-5(2)8(14)12-10/h4-6H,9-10H2,1-3H3,(H,11,13)(H,12,14). The molecule has 2 amide bonds. The van der Waals surface area contributed by atoms with Crippen molar-refractivity contribution in [3.05, 3.63) is 0 Å². The van der Waals surface area contributed by atoms with Crippen molar-refractivity contribution in [1.29, 1.82) is 0 Å². The lowest BCUT2D eigenvalue weighted by atomic mass is 10.5. The van der Waals surface area contributed by atoms with Gasteiger partial charge in [0.2, 0.25) is 11.8 Å². The highest BCUT2D eigenvalue weighted by Gasteiger charge is 2.20. The van der Waals surface area contributed by atoms with E-state index in [0.717, 1.165) is 0 Å². The summed E-state index contributed by atoms with van der Waals surface area (Å²) in [5.41, 5.74) is 4.18. The summed E-state index contributed by atoms with van der Waals surface area (Å²) in [5.74, 6) is 9.58. The van der Waals surface area contributed by atoms with Crippen LogP contribution in [0, 0.1) is 0 Å². The monoisotopic (exact) mass is 266 g/mol. The Morgan fingerprint density at radius 3 is 1.50 bits per heavy atom. The predicted octanol–water partition coefficient (Wildman–Crippen LogP) is -0.444.